The lowest BCUT2D eigenvalue weighted by molar-refractivity contribution is -0.133. The number of piperidine rings is 1. The van der Waals surface area contributed by atoms with Gasteiger partial charge in [-0.3, -0.25) is 4.79 Å². The second-order valence-corrected chi connectivity index (χ2v) is 7.79. The number of carbonyl (C=O) groups excluding carboxylic acids is 1. The molecule has 0 N–H and O–H groups in total. The molecule has 31 heavy (non-hydrogen) atoms. The van der Waals surface area contributed by atoms with Crippen molar-refractivity contribution < 1.29 is 9.32 Å². The van der Waals surface area contributed by atoms with Crippen LogP contribution in [0.3, 0.4) is 0 Å². The Labute approximate surface area is 177 Å². The summed E-state index contributed by atoms with van der Waals surface area (Å²) in [5.41, 5.74) is 2.47. The highest BCUT2D eigenvalue weighted by Crippen LogP contribution is 2.25. The minimum Gasteiger partial charge on any atom is -0.341 e. The molecule has 0 saturated carbocycles. The topological polar surface area (TPSA) is 98.5 Å². The van der Waals surface area contributed by atoms with Crippen LogP contribution in [0, 0.1) is 6.92 Å². The molecule has 0 aliphatic carbocycles. The summed E-state index contributed by atoms with van der Waals surface area (Å²) in [6.07, 6.45) is 4.75. The van der Waals surface area contributed by atoms with E-state index in [2.05, 4.69) is 15.2 Å². The average molecular weight is 418 g/mol. The Morgan fingerprint density at radius 3 is 2.77 bits per heavy atom. The Kier molecular flexibility index (Phi) is 4.85. The zero-order valence-corrected chi connectivity index (χ0v) is 17.2. The van der Waals surface area contributed by atoms with Gasteiger partial charge in [-0.05, 0) is 44.4 Å². The van der Waals surface area contributed by atoms with Gasteiger partial charge in [0.05, 0.1) is 5.56 Å². The molecule has 9 nitrogen and oxygen atoms in total. The number of fused-ring (bicyclic) bond motifs is 1. The molecule has 5 rings (SSSR count). The largest absolute Gasteiger partial charge is 0.350 e. The maximum Gasteiger partial charge on any atom is 0.350 e. The van der Waals surface area contributed by atoms with E-state index in [9.17, 15) is 9.59 Å². The van der Waals surface area contributed by atoms with Gasteiger partial charge < -0.3 is 9.42 Å². The van der Waals surface area contributed by atoms with Crippen LogP contribution in [-0.2, 0) is 11.3 Å². The van der Waals surface area contributed by atoms with Crippen molar-refractivity contribution in [3.05, 3.63) is 58.6 Å². The smallest absolute Gasteiger partial charge is 0.341 e. The number of likely N-dealkylation sites (tertiary alicyclic amines) is 1. The molecule has 1 aliphatic heterocycles. The van der Waals surface area contributed by atoms with E-state index in [4.69, 9.17) is 4.52 Å². The van der Waals surface area contributed by atoms with Crippen LogP contribution < -0.4 is 5.69 Å². The van der Waals surface area contributed by atoms with Crippen molar-refractivity contribution in [2.24, 2.45) is 0 Å². The van der Waals surface area contributed by atoms with Crippen LogP contribution in [0.2, 0.25) is 0 Å². The van der Waals surface area contributed by atoms with E-state index in [1.165, 1.54) is 9.08 Å². The summed E-state index contributed by atoms with van der Waals surface area (Å²) in [6, 6.07) is 11.3. The van der Waals surface area contributed by atoms with Crippen molar-refractivity contribution in [2.75, 3.05) is 13.1 Å². The zero-order valence-electron chi connectivity index (χ0n) is 17.2. The average Bonchev–Trinajstić information content (AvgIpc) is 3.40. The van der Waals surface area contributed by atoms with E-state index in [0.717, 1.165) is 43.5 Å². The highest BCUT2D eigenvalue weighted by atomic mass is 16.5. The van der Waals surface area contributed by atoms with Crippen LogP contribution in [-0.4, -0.2) is 48.2 Å². The number of hydrogen-bond donors (Lipinski definition) is 0. The lowest BCUT2D eigenvalue weighted by Gasteiger charge is -2.26. The highest BCUT2D eigenvalue weighted by molar-refractivity contribution is 5.76. The molecule has 4 heterocycles. The van der Waals surface area contributed by atoms with Crippen LogP contribution in [0.15, 0.2) is 51.9 Å². The van der Waals surface area contributed by atoms with Gasteiger partial charge in [0.25, 0.3) is 5.89 Å². The van der Waals surface area contributed by atoms with E-state index < -0.39 is 0 Å². The molecule has 0 unspecified atom stereocenters. The number of pyridine rings is 1. The van der Waals surface area contributed by atoms with Crippen LogP contribution in [0.1, 0.15) is 24.8 Å². The summed E-state index contributed by atoms with van der Waals surface area (Å²) in [5, 5.41) is 8.49. The third-order valence-corrected chi connectivity index (χ3v) is 5.54. The first kappa shape index (κ1) is 19.2. The number of aryl methyl sites for hydroxylation is 1. The van der Waals surface area contributed by atoms with E-state index in [-0.39, 0.29) is 24.0 Å². The molecule has 1 saturated heterocycles. The van der Waals surface area contributed by atoms with Crippen molar-refractivity contribution in [3.63, 3.8) is 0 Å². The van der Waals surface area contributed by atoms with E-state index in [1.54, 1.807) is 23.2 Å². The first-order valence-corrected chi connectivity index (χ1v) is 10.4. The van der Waals surface area contributed by atoms with Crippen molar-refractivity contribution in [1.29, 1.82) is 0 Å². The molecule has 4 aromatic rings. The van der Waals surface area contributed by atoms with Gasteiger partial charge in [0.2, 0.25) is 11.7 Å². The summed E-state index contributed by atoms with van der Waals surface area (Å²) in [7, 11) is 0. The number of benzene rings is 1. The molecule has 3 aromatic heterocycles. The Balaban J connectivity index is 1.49. The molecular weight excluding hydrogens is 396 g/mol. The van der Waals surface area contributed by atoms with Crippen LogP contribution in [0.25, 0.3) is 28.5 Å². The Morgan fingerprint density at radius 1 is 1.13 bits per heavy atom. The van der Waals surface area contributed by atoms with Crippen molar-refractivity contribution in [1.82, 2.24) is 29.2 Å². The molecule has 1 aliphatic rings. The molecule has 0 bridgehead atoms. The third-order valence-electron chi connectivity index (χ3n) is 5.54. The maximum absolute atomic E-state index is 12.8. The number of aromatic nitrogens is 5. The number of carbonyl (C=O) groups is 1. The normalized spacial score (nSPS) is 14.3. The maximum atomic E-state index is 12.8. The van der Waals surface area contributed by atoms with Crippen LogP contribution in [0.4, 0.5) is 0 Å². The minimum atomic E-state index is -0.374. The van der Waals surface area contributed by atoms with Crippen molar-refractivity contribution in [2.45, 2.75) is 32.7 Å². The molecule has 1 aromatic carbocycles. The number of nitrogens with zero attached hydrogens (tertiary/aromatic N) is 6. The summed E-state index contributed by atoms with van der Waals surface area (Å²) >= 11 is 0. The molecule has 158 valence electrons. The molecule has 1 amide bonds. The van der Waals surface area contributed by atoms with Crippen LogP contribution >= 0.6 is 0 Å². The molecule has 0 radical (unpaired) electrons. The number of hydrogen-bond acceptors (Lipinski definition) is 6. The fraction of sp³-hybridized carbons (Fsp3) is 0.318. The fourth-order valence-corrected chi connectivity index (χ4v) is 3.91. The van der Waals surface area contributed by atoms with Crippen molar-refractivity contribution in [3.8, 4) is 22.8 Å². The summed E-state index contributed by atoms with van der Waals surface area (Å²) in [4.78, 5) is 31.7. The van der Waals surface area contributed by atoms with E-state index in [1.807, 2.05) is 31.2 Å². The summed E-state index contributed by atoms with van der Waals surface area (Å²) < 4.78 is 8.08. The Hall–Kier alpha value is -3.75. The van der Waals surface area contributed by atoms with Gasteiger partial charge in [0.1, 0.15) is 6.54 Å². The second kappa shape index (κ2) is 7.82. The standard InChI is InChI=1S/C22H22N6O3/c1-15-7-5-8-16(13-15)19-23-21(31-25-19)17-9-6-12-27-20(17)24-28(22(27)30)14-18(29)26-10-3-2-4-11-26/h5-9,12-13H,2-4,10-11,14H2,1H3. The lowest BCUT2D eigenvalue weighted by atomic mass is 10.1. The molecule has 0 spiro atoms. The lowest BCUT2D eigenvalue weighted by Crippen LogP contribution is -2.39. The molecule has 0 atom stereocenters. The molecular formula is C22H22N6O3. The van der Waals surface area contributed by atoms with E-state index in [0.29, 0.717) is 17.0 Å². The van der Waals surface area contributed by atoms with Gasteiger partial charge in [0.15, 0.2) is 5.65 Å². The minimum absolute atomic E-state index is 0.0850. The Bertz CT molecular complexity index is 1310. The first-order chi connectivity index (χ1) is 15.1. The second-order valence-electron chi connectivity index (χ2n) is 7.79. The number of amides is 1. The predicted molar refractivity (Wildman–Crippen MR) is 113 cm³/mol. The Morgan fingerprint density at radius 2 is 1.97 bits per heavy atom. The molecule has 9 heteroatoms. The predicted octanol–water partition coefficient (Wildman–Crippen LogP) is 2.53. The first-order valence-electron chi connectivity index (χ1n) is 10.4. The highest BCUT2D eigenvalue weighted by Gasteiger charge is 2.21. The summed E-state index contributed by atoms with van der Waals surface area (Å²) in [5.74, 6) is 0.635. The van der Waals surface area contributed by atoms with Gasteiger partial charge >= 0.3 is 5.69 Å². The zero-order chi connectivity index (χ0) is 21.4. The molecule has 1 fully saturated rings. The quantitative estimate of drug-likeness (QED) is 0.505. The van der Waals surface area contributed by atoms with Gasteiger partial charge in [-0.15, -0.1) is 5.10 Å². The van der Waals surface area contributed by atoms with Gasteiger partial charge in [-0.1, -0.05) is 28.9 Å². The fourth-order valence-electron chi connectivity index (χ4n) is 3.91. The van der Waals surface area contributed by atoms with Crippen molar-refractivity contribution >= 4 is 11.6 Å². The summed E-state index contributed by atoms with van der Waals surface area (Å²) in [6.45, 7) is 3.37. The van der Waals surface area contributed by atoms with E-state index >= 15 is 0 Å². The SMILES string of the molecule is Cc1cccc(-c2noc(-c3cccn4c(=O)n(CC(=O)N5CCCCC5)nc34)n2)c1. The van der Waals surface area contributed by atoms with Crippen LogP contribution in [0.5, 0.6) is 0 Å². The third kappa shape index (κ3) is 3.63. The van der Waals surface area contributed by atoms with Gasteiger partial charge in [0, 0.05) is 24.8 Å². The number of rotatable bonds is 4. The van der Waals surface area contributed by atoms with Gasteiger partial charge in [-0.2, -0.15) is 4.98 Å². The van der Waals surface area contributed by atoms with Gasteiger partial charge in [-0.25, -0.2) is 13.9 Å². The monoisotopic (exact) mass is 418 g/mol.